The zero-order valence-electron chi connectivity index (χ0n) is 16.8. The van der Waals surface area contributed by atoms with Gasteiger partial charge in [-0.25, -0.2) is 4.79 Å². The summed E-state index contributed by atoms with van der Waals surface area (Å²) in [5.74, 6) is -0.701. The summed E-state index contributed by atoms with van der Waals surface area (Å²) in [4.78, 5) is 49.1. The molecule has 2 fully saturated rings. The van der Waals surface area contributed by atoms with E-state index in [1.54, 1.807) is 31.2 Å². The van der Waals surface area contributed by atoms with Crippen LogP contribution in [0.25, 0.3) is 0 Å². The SMILES string of the molecule is CC(OC(=O)c1ccc(CN2C(=O)CCC2=O)cc1)C(=O)NCC1CCCCC1. The summed E-state index contributed by atoms with van der Waals surface area (Å²) in [6, 6.07) is 6.53. The lowest BCUT2D eigenvalue weighted by Crippen LogP contribution is -2.38. The van der Waals surface area contributed by atoms with Crippen molar-refractivity contribution in [2.45, 2.75) is 64.5 Å². The molecule has 156 valence electrons. The smallest absolute Gasteiger partial charge is 0.338 e. The van der Waals surface area contributed by atoms with Crippen LogP contribution in [0.4, 0.5) is 0 Å². The van der Waals surface area contributed by atoms with Crippen LogP contribution in [-0.2, 0) is 25.7 Å². The van der Waals surface area contributed by atoms with Crippen LogP contribution < -0.4 is 5.32 Å². The lowest BCUT2D eigenvalue weighted by molar-refractivity contribution is -0.139. The highest BCUT2D eigenvalue weighted by atomic mass is 16.5. The number of rotatable bonds is 7. The Kier molecular flexibility index (Phi) is 7.01. The number of amides is 3. The largest absolute Gasteiger partial charge is 0.449 e. The van der Waals surface area contributed by atoms with Gasteiger partial charge in [0.1, 0.15) is 0 Å². The lowest BCUT2D eigenvalue weighted by Gasteiger charge is -2.22. The van der Waals surface area contributed by atoms with Gasteiger partial charge in [-0.1, -0.05) is 31.4 Å². The molecule has 1 atom stereocenters. The number of benzene rings is 1. The molecule has 1 heterocycles. The fourth-order valence-electron chi connectivity index (χ4n) is 3.79. The third-order valence-corrected chi connectivity index (χ3v) is 5.63. The molecule has 0 bridgehead atoms. The van der Waals surface area contributed by atoms with E-state index >= 15 is 0 Å². The van der Waals surface area contributed by atoms with E-state index in [9.17, 15) is 19.2 Å². The Balaban J connectivity index is 1.47. The molecule has 1 aromatic rings. The van der Waals surface area contributed by atoms with Gasteiger partial charge in [-0.2, -0.15) is 0 Å². The third kappa shape index (κ3) is 5.65. The topological polar surface area (TPSA) is 92.8 Å². The van der Waals surface area contributed by atoms with Gasteiger partial charge in [0.25, 0.3) is 5.91 Å². The van der Waals surface area contributed by atoms with Crippen molar-refractivity contribution >= 4 is 23.7 Å². The van der Waals surface area contributed by atoms with Crippen molar-refractivity contribution in [3.8, 4) is 0 Å². The van der Waals surface area contributed by atoms with Crippen LogP contribution in [0.3, 0.4) is 0 Å². The minimum atomic E-state index is -0.870. The summed E-state index contributed by atoms with van der Waals surface area (Å²) in [6.07, 6.45) is 5.59. The Bertz CT molecular complexity index is 752. The van der Waals surface area contributed by atoms with Gasteiger partial charge >= 0.3 is 5.97 Å². The van der Waals surface area contributed by atoms with Crippen LogP contribution in [-0.4, -0.2) is 41.2 Å². The predicted molar refractivity (Wildman–Crippen MR) is 106 cm³/mol. The van der Waals surface area contributed by atoms with Crippen LogP contribution in [0.1, 0.15) is 67.8 Å². The predicted octanol–water partition coefficient (Wildman–Crippen LogP) is 2.58. The summed E-state index contributed by atoms with van der Waals surface area (Å²) >= 11 is 0. The molecule has 3 amide bonds. The van der Waals surface area contributed by atoms with E-state index in [2.05, 4.69) is 5.32 Å². The zero-order chi connectivity index (χ0) is 20.8. The number of nitrogens with one attached hydrogen (secondary N) is 1. The average molecular weight is 400 g/mol. The molecule has 0 radical (unpaired) electrons. The normalized spacial score (nSPS) is 18.6. The van der Waals surface area contributed by atoms with E-state index in [0.717, 1.165) is 18.4 Å². The maximum Gasteiger partial charge on any atom is 0.338 e. The first-order chi connectivity index (χ1) is 13.9. The van der Waals surface area contributed by atoms with Gasteiger partial charge in [-0.3, -0.25) is 19.3 Å². The van der Waals surface area contributed by atoms with Gasteiger partial charge in [-0.15, -0.1) is 0 Å². The van der Waals surface area contributed by atoms with Gasteiger partial charge in [0.2, 0.25) is 11.8 Å². The summed E-state index contributed by atoms with van der Waals surface area (Å²) in [6.45, 7) is 2.39. The molecule has 1 saturated carbocycles. The number of carbonyl (C=O) groups is 4. The Hall–Kier alpha value is -2.70. The molecule has 7 nitrogen and oxygen atoms in total. The quantitative estimate of drug-likeness (QED) is 0.561. The molecule has 1 aliphatic heterocycles. The Morgan fingerprint density at radius 1 is 1.07 bits per heavy atom. The molecular weight excluding hydrogens is 372 g/mol. The zero-order valence-corrected chi connectivity index (χ0v) is 16.8. The summed E-state index contributed by atoms with van der Waals surface area (Å²) in [5, 5.41) is 2.88. The minimum absolute atomic E-state index is 0.174. The lowest BCUT2D eigenvalue weighted by atomic mass is 9.89. The Labute approximate surface area is 170 Å². The first kappa shape index (κ1) is 21.0. The molecule has 0 aromatic heterocycles. The molecule has 1 unspecified atom stereocenters. The molecular formula is C22H28N2O5. The van der Waals surface area contributed by atoms with Gasteiger partial charge in [-0.05, 0) is 43.4 Å². The molecule has 7 heteroatoms. The fraction of sp³-hybridized carbons (Fsp3) is 0.545. The van der Waals surface area contributed by atoms with Crippen LogP contribution >= 0.6 is 0 Å². The molecule has 1 N–H and O–H groups in total. The average Bonchev–Trinajstić information content (AvgIpc) is 3.05. The van der Waals surface area contributed by atoms with Crippen LogP contribution in [0.2, 0.25) is 0 Å². The van der Waals surface area contributed by atoms with Gasteiger partial charge in [0.15, 0.2) is 6.10 Å². The van der Waals surface area contributed by atoms with E-state index in [-0.39, 0.29) is 37.1 Å². The fourth-order valence-corrected chi connectivity index (χ4v) is 3.79. The van der Waals surface area contributed by atoms with Crippen molar-refractivity contribution in [3.63, 3.8) is 0 Å². The van der Waals surface area contributed by atoms with Gasteiger partial charge in [0, 0.05) is 19.4 Å². The summed E-state index contributed by atoms with van der Waals surface area (Å²) in [5.41, 5.74) is 1.07. The summed E-state index contributed by atoms with van der Waals surface area (Å²) < 4.78 is 5.28. The summed E-state index contributed by atoms with van der Waals surface area (Å²) in [7, 11) is 0. The molecule has 3 rings (SSSR count). The van der Waals surface area contributed by atoms with E-state index < -0.39 is 12.1 Å². The Morgan fingerprint density at radius 2 is 1.69 bits per heavy atom. The number of hydrogen-bond donors (Lipinski definition) is 1. The van der Waals surface area contributed by atoms with Crippen molar-refractivity contribution in [1.82, 2.24) is 10.2 Å². The third-order valence-electron chi connectivity index (χ3n) is 5.63. The van der Waals surface area contributed by atoms with Crippen molar-refractivity contribution in [1.29, 1.82) is 0 Å². The molecule has 1 aromatic carbocycles. The second-order valence-electron chi connectivity index (χ2n) is 7.87. The minimum Gasteiger partial charge on any atom is -0.449 e. The molecule has 29 heavy (non-hydrogen) atoms. The molecule has 0 spiro atoms. The van der Waals surface area contributed by atoms with Crippen molar-refractivity contribution < 1.29 is 23.9 Å². The number of esters is 1. The number of ether oxygens (including phenoxy) is 1. The standard InChI is InChI=1S/C22H28N2O5/c1-15(21(27)23-13-16-5-3-2-4-6-16)29-22(28)18-9-7-17(8-10-18)14-24-19(25)11-12-20(24)26/h7-10,15-16H,2-6,11-14H2,1H3,(H,23,27). The highest BCUT2D eigenvalue weighted by Crippen LogP contribution is 2.22. The van der Waals surface area contributed by atoms with Crippen molar-refractivity contribution in [2.75, 3.05) is 6.54 Å². The Morgan fingerprint density at radius 3 is 2.31 bits per heavy atom. The van der Waals surface area contributed by atoms with E-state index in [1.807, 2.05) is 0 Å². The second-order valence-corrected chi connectivity index (χ2v) is 7.87. The van der Waals surface area contributed by atoms with Gasteiger partial charge < -0.3 is 10.1 Å². The molecule has 1 aliphatic carbocycles. The van der Waals surface area contributed by atoms with E-state index in [0.29, 0.717) is 18.0 Å². The first-order valence-electron chi connectivity index (χ1n) is 10.3. The molecule has 1 saturated heterocycles. The van der Waals surface area contributed by atoms with Crippen LogP contribution in [0.5, 0.6) is 0 Å². The first-order valence-corrected chi connectivity index (χ1v) is 10.3. The van der Waals surface area contributed by atoms with E-state index in [1.165, 1.54) is 24.2 Å². The number of likely N-dealkylation sites (tertiary alicyclic amines) is 1. The van der Waals surface area contributed by atoms with E-state index in [4.69, 9.17) is 4.74 Å². The van der Waals surface area contributed by atoms with Gasteiger partial charge in [0.05, 0.1) is 12.1 Å². The highest BCUT2D eigenvalue weighted by molar-refractivity contribution is 6.01. The number of carbonyl (C=O) groups excluding carboxylic acids is 4. The second kappa shape index (κ2) is 9.67. The van der Waals surface area contributed by atoms with Crippen molar-refractivity contribution in [3.05, 3.63) is 35.4 Å². The van der Waals surface area contributed by atoms with Crippen LogP contribution in [0, 0.1) is 5.92 Å². The monoisotopic (exact) mass is 400 g/mol. The maximum atomic E-state index is 12.3. The number of imide groups is 1. The maximum absolute atomic E-state index is 12.3. The molecule has 2 aliphatic rings. The number of hydrogen-bond acceptors (Lipinski definition) is 5. The van der Waals surface area contributed by atoms with Crippen LogP contribution in [0.15, 0.2) is 24.3 Å². The van der Waals surface area contributed by atoms with Crippen molar-refractivity contribution in [2.24, 2.45) is 5.92 Å². The number of nitrogens with zero attached hydrogens (tertiary/aromatic N) is 1. The highest BCUT2D eigenvalue weighted by Gasteiger charge is 2.28.